The van der Waals surface area contributed by atoms with Gasteiger partial charge in [-0.3, -0.25) is 9.58 Å². The van der Waals surface area contributed by atoms with Crippen molar-refractivity contribution in [2.24, 2.45) is 0 Å². The van der Waals surface area contributed by atoms with Crippen LogP contribution in [0.1, 0.15) is 20.9 Å². The minimum absolute atomic E-state index is 0.169. The molecule has 2 heterocycles. The number of benzene rings is 1. The molecule has 0 saturated heterocycles. The number of aliphatic hydroxyl groups excluding tert-OH is 1. The molecule has 0 bridgehead atoms. The number of aliphatic hydroxyl groups is 1. The van der Waals surface area contributed by atoms with Gasteiger partial charge in [0, 0.05) is 41.1 Å². The first-order valence-electron chi connectivity index (χ1n) is 8.17. The molecule has 1 aromatic carbocycles. The summed E-state index contributed by atoms with van der Waals surface area (Å²) in [5, 5.41) is 13.8. The molecule has 0 atom stereocenters. The second-order valence-corrected chi connectivity index (χ2v) is 7.35. The summed E-state index contributed by atoms with van der Waals surface area (Å²) in [5.74, 6) is 0. The van der Waals surface area contributed by atoms with Gasteiger partial charge in [-0.2, -0.15) is 5.10 Å². The standard InChI is InChI=1S/C19H23N3OS/c1-16-7-8-19(24-16)15-21(9-10-23)12-18-11-20-22(14-18)13-17-5-3-2-4-6-17/h2-8,11,14,23H,9-10,12-13,15H2,1H3. The predicted octanol–water partition coefficient (Wildman–Crippen LogP) is 3.30. The van der Waals surface area contributed by atoms with E-state index in [0.717, 1.165) is 19.6 Å². The average molecular weight is 341 g/mol. The van der Waals surface area contributed by atoms with Crippen LogP contribution in [0.5, 0.6) is 0 Å². The number of rotatable bonds is 8. The summed E-state index contributed by atoms with van der Waals surface area (Å²) in [6.07, 6.45) is 4.02. The average Bonchev–Trinajstić information content (AvgIpc) is 3.18. The van der Waals surface area contributed by atoms with Crippen molar-refractivity contribution in [3.63, 3.8) is 0 Å². The lowest BCUT2D eigenvalue weighted by atomic mass is 10.2. The van der Waals surface area contributed by atoms with Gasteiger partial charge < -0.3 is 5.11 Å². The maximum atomic E-state index is 9.34. The molecular formula is C19H23N3OS. The van der Waals surface area contributed by atoms with Crippen molar-refractivity contribution in [1.29, 1.82) is 0 Å². The van der Waals surface area contributed by atoms with E-state index < -0.39 is 0 Å². The van der Waals surface area contributed by atoms with E-state index >= 15 is 0 Å². The van der Waals surface area contributed by atoms with Gasteiger partial charge in [0.05, 0.1) is 19.3 Å². The smallest absolute Gasteiger partial charge is 0.0659 e. The normalized spacial score (nSPS) is 11.3. The zero-order valence-corrected chi connectivity index (χ0v) is 14.7. The summed E-state index contributed by atoms with van der Waals surface area (Å²) in [5.41, 5.74) is 2.42. The molecule has 2 aromatic heterocycles. The predicted molar refractivity (Wildman–Crippen MR) is 98.0 cm³/mol. The Morgan fingerprint density at radius 2 is 1.92 bits per heavy atom. The summed E-state index contributed by atoms with van der Waals surface area (Å²) in [4.78, 5) is 4.91. The number of nitrogens with zero attached hydrogens (tertiary/aromatic N) is 3. The Kier molecular flexibility index (Phi) is 5.80. The van der Waals surface area contributed by atoms with Crippen LogP contribution in [0.2, 0.25) is 0 Å². The molecule has 1 N–H and O–H groups in total. The second kappa shape index (κ2) is 8.24. The number of hydrogen-bond acceptors (Lipinski definition) is 4. The van der Waals surface area contributed by atoms with Gasteiger partial charge >= 0.3 is 0 Å². The van der Waals surface area contributed by atoms with Gasteiger partial charge in [0.1, 0.15) is 0 Å². The SMILES string of the molecule is Cc1ccc(CN(CCO)Cc2cnn(Cc3ccccc3)c2)s1. The third-order valence-corrected chi connectivity index (χ3v) is 4.86. The van der Waals surface area contributed by atoms with E-state index in [4.69, 9.17) is 0 Å². The van der Waals surface area contributed by atoms with E-state index in [1.165, 1.54) is 20.9 Å². The van der Waals surface area contributed by atoms with Crippen LogP contribution in [-0.2, 0) is 19.6 Å². The van der Waals surface area contributed by atoms with Crippen molar-refractivity contribution in [2.45, 2.75) is 26.6 Å². The van der Waals surface area contributed by atoms with Crippen LogP contribution in [-0.4, -0.2) is 32.9 Å². The molecule has 5 heteroatoms. The Balaban J connectivity index is 1.62. The highest BCUT2D eigenvalue weighted by atomic mass is 32.1. The Hall–Kier alpha value is -1.95. The maximum absolute atomic E-state index is 9.34. The van der Waals surface area contributed by atoms with Gasteiger partial charge in [-0.05, 0) is 24.6 Å². The number of hydrogen-bond donors (Lipinski definition) is 1. The Morgan fingerprint density at radius 3 is 2.62 bits per heavy atom. The zero-order chi connectivity index (χ0) is 16.8. The van der Waals surface area contributed by atoms with Gasteiger partial charge in [-0.1, -0.05) is 30.3 Å². The Bertz CT molecular complexity index is 751. The monoisotopic (exact) mass is 341 g/mol. The van der Waals surface area contributed by atoms with E-state index in [2.05, 4.69) is 47.4 Å². The minimum atomic E-state index is 0.169. The maximum Gasteiger partial charge on any atom is 0.0659 e. The number of thiophene rings is 1. The lowest BCUT2D eigenvalue weighted by Crippen LogP contribution is -2.25. The first-order chi connectivity index (χ1) is 11.7. The quantitative estimate of drug-likeness (QED) is 0.683. The molecule has 3 rings (SSSR count). The van der Waals surface area contributed by atoms with Crippen molar-refractivity contribution in [2.75, 3.05) is 13.2 Å². The minimum Gasteiger partial charge on any atom is -0.395 e. The van der Waals surface area contributed by atoms with Gasteiger partial charge in [-0.25, -0.2) is 0 Å². The summed E-state index contributed by atoms with van der Waals surface area (Å²) < 4.78 is 1.97. The summed E-state index contributed by atoms with van der Waals surface area (Å²) in [6.45, 7) is 5.40. The lowest BCUT2D eigenvalue weighted by Gasteiger charge is -2.19. The molecule has 0 aliphatic carbocycles. The van der Waals surface area contributed by atoms with Crippen LogP contribution in [0, 0.1) is 6.92 Å². The molecule has 126 valence electrons. The molecule has 0 amide bonds. The van der Waals surface area contributed by atoms with Crippen LogP contribution < -0.4 is 0 Å². The number of aromatic nitrogens is 2. The highest BCUT2D eigenvalue weighted by Crippen LogP contribution is 2.18. The van der Waals surface area contributed by atoms with Crippen molar-refractivity contribution >= 4 is 11.3 Å². The molecule has 0 unspecified atom stereocenters. The van der Waals surface area contributed by atoms with Crippen LogP contribution in [0.25, 0.3) is 0 Å². The van der Waals surface area contributed by atoms with Crippen LogP contribution in [0.15, 0.2) is 54.9 Å². The van der Waals surface area contributed by atoms with Crippen molar-refractivity contribution in [3.05, 3.63) is 75.7 Å². The summed E-state index contributed by atoms with van der Waals surface area (Å²) in [7, 11) is 0. The van der Waals surface area contributed by atoms with Gasteiger partial charge in [0.15, 0.2) is 0 Å². The highest BCUT2D eigenvalue weighted by Gasteiger charge is 2.10. The third kappa shape index (κ3) is 4.77. The van der Waals surface area contributed by atoms with Gasteiger partial charge in [-0.15, -0.1) is 11.3 Å². The van der Waals surface area contributed by atoms with Crippen LogP contribution in [0.3, 0.4) is 0 Å². The van der Waals surface area contributed by atoms with Crippen molar-refractivity contribution < 1.29 is 5.11 Å². The Morgan fingerprint density at radius 1 is 1.08 bits per heavy atom. The first kappa shape index (κ1) is 16.9. The second-order valence-electron chi connectivity index (χ2n) is 5.98. The largest absolute Gasteiger partial charge is 0.395 e. The van der Waals surface area contributed by atoms with Gasteiger partial charge in [0.2, 0.25) is 0 Å². The van der Waals surface area contributed by atoms with E-state index in [-0.39, 0.29) is 6.61 Å². The third-order valence-electron chi connectivity index (χ3n) is 3.87. The van der Waals surface area contributed by atoms with Crippen LogP contribution >= 0.6 is 11.3 Å². The van der Waals surface area contributed by atoms with Gasteiger partial charge in [0.25, 0.3) is 0 Å². The fraction of sp³-hybridized carbons (Fsp3) is 0.316. The zero-order valence-electron chi connectivity index (χ0n) is 13.9. The van der Waals surface area contributed by atoms with E-state index in [1.54, 1.807) is 0 Å². The van der Waals surface area contributed by atoms with Crippen molar-refractivity contribution in [3.8, 4) is 0 Å². The molecule has 0 saturated carbocycles. The van der Waals surface area contributed by atoms with E-state index in [0.29, 0.717) is 6.54 Å². The topological polar surface area (TPSA) is 41.3 Å². The molecule has 3 aromatic rings. The first-order valence-corrected chi connectivity index (χ1v) is 8.98. The molecule has 0 radical (unpaired) electrons. The molecule has 0 aliphatic rings. The Labute approximate surface area is 147 Å². The van der Waals surface area contributed by atoms with E-state index in [1.807, 2.05) is 40.4 Å². The molecule has 0 aliphatic heterocycles. The molecule has 4 nitrogen and oxygen atoms in total. The molecule has 0 spiro atoms. The van der Waals surface area contributed by atoms with Crippen molar-refractivity contribution in [1.82, 2.24) is 14.7 Å². The lowest BCUT2D eigenvalue weighted by molar-refractivity contribution is 0.185. The summed E-state index contributed by atoms with van der Waals surface area (Å²) in [6, 6.07) is 14.7. The molecular weight excluding hydrogens is 318 g/mol. The van der Waals surface area contributed by atoms with E-state index in [9.17, 15) is 5.11 Å². The fourth-order valence-corrected chi connectivity index (χ4v) is 3.68. The summed E-state index contributed by atoms with van der Waals surface area (Å²) >= 11 is 1.82. The number of aryl methyl sites for hydroxylation is 1. The molecule has 0 fully saturated rings. The highest BCUT2D eigenvalue weighted by molar-refractivity contribution is 7.11. The molecule has 24 heavy (non-hydrogen) atoms. The fourth-order valence-electron chi connectivity index (χ4n) is 2.75. The van der Waals surface area contributed by atoms with Crippen LogP contribution in [0.4, 0.5) is 0 Å².